The number of fused-ring (bicyclic) bond motifs is 2. The lowest BCUT2D eigenvalue weighted by Gasteiger charge is -2.45. The number of hydrogen-bond acceptors (Lipinski definition) is 5. The predicted octanol–water partition coefficient (Wildman–Crippen LogP) is 4.39. The minimum atomic E-state index is -0.571. The van der Waals surface area contributed by atoms with Crippen LogP contribution in [0.1, 0.15) is 29.8 Å². The van der Waals surface area contributed by atoms with Crippen molar-refractivity contribution in [2.24, 2.45) is 5.41 Å². The topological polar surface area (TPSA) is 113 Å². The molecule has 3 aromatic heterocycles. The number of rotatable bonds is 6. The molecule has 2 N–H and O–H groups in total. The van der Waals surface area contributed by atoms with Gasteiger partial charge in [-0.1, -0.05) is 49.7 Å². The van der Waals surface area contributed by atoms with E-state index in [1.54, 1.807) is 35.4 Å². The van der Waals surface area contributed by atoms with Crippen LogP contribution in [0.4, 0.5) is 0 Å². The molecule has 4 heterocycles. The predicted molar refractivity (Wildman–Crippen MR) is 154 cm³/mol. The van der Waals surface area contributed by atoms with Gasteiger partial charge in [-0.25, -0.2) is 9.97 Å². The Morgan fingerprint density at radius 1 is 1.07 bits per heavy atom. The first-order valence-corrected chi connectivity index (χ1v) is 13.3. The number of nitrogens with one attached hydrogen (secondary N) is 2. The fraction of sp³-hybridized carbons (Fsp3) is 0.233. The fourth-order valence-electron chi connectivity index (χ4n) is 5.07. The molecule has 2 amide bonds. The van der Waals surface area contributed by atoms with Crippen LogP contribution in [0.2, 0.25) is 5.02 Å². The Hall–Kier alpha value is -4.50. The van der Waals surface area contributed by atoms with E-state index < -0.39 is 11.5 Å². The standard InChI is InChI=1S/C30H27ClN6O3/c1-30(2)16-36(17-30)25(38)15-37-27-19(11-20(14-32-27)26-34-23-5-3-4-6-24(23)35-26)12-22(29(37)40)28(39)33-13-18-7-9-21(31)10-8-18/h3-12,14H,13,15-17H2,1-2H3,(H,33,39)(H,34,35). The van der Waals surface area contributed by atoms with Crippen LogP contribution in [-0.2, 0) is 17.9 Å². The van der Waals surface area contributed by atoms with E-state index >= 15 is 0 Å². The van der Waals surface area contributed by atoms with Gasteiger partial charge >= 0.3 is 0 Å². The molecule has 9 nitrogen and oxygen atoms in total. The first-order valence-electron chi connectivity index (χ1n) is 13.0. The second kappa shape index (κ2) is 9.91. The molecular formula is C30H27ClN6O3. The number of imidazole rings is 1. The number of carbonyl (C=O) groups excluding carboxylic acids is 2. The summed E-state index contributed by atoms with van der Waals surface area (Å²) >= 11 is 5.96. The Morgan fingerprint density at radius 3 is 2.55 bits per heavy atom. The summed E-state index contributed by atoms with van der Waals surface area (Å²) in [6.45, 7) is 5.41. The maximum atomic E-state index is 13.6. The zero-order chi connectivity index (χ0) is 28.0. The smallest absolute Gasteiger partial charge is 0.265 e. The number of hydrogen-bond donors (Lipinski definition) is 2. The highest BCUT2D eigenvalue weighted by atomic mass is 35.5. The molecule has 0 saturated carbocycles. The van der Waals surface area contributed by atoms with Gasteiger partial charge in [-0.05, 0) is 47.4 Å². The summed E-state index contributed by atoms with van der Waals surface area (Å²) in [5, 5.41) is 3.95. The number of halogens is 1. The summed E-state index contributed by atoms with van der Waals surface area (Å²) in [5.74, 6) is -0.118. The number of carbonyl (C=O) groups is 2. The lowest BCUT2D eigenvalue weighted by Crippen LogP contribution is -2.56. The van der Waals surface area contributed by atoms with Crippen molar-refractivity contribution in [3.8, 4) is 11.4 Å². The van der Waals surface area contributed by atoms with E-state index in [1.807, 2.05) is 30.3 Å². The molecule has 6 rings (SSSR count). The lowest BCUT2D eigenvalue weighted by molar-refractivity contribution is -0.142. The number of amides is 2. The highest BCUT2D eigenvalue weighted by Crippen LogP contribution is 2.29. The molecule has 1 fully saturated rings. The summed E-state index contributed by atoms with van der Waals surface area (Å²) < 4.78 is 1.29. The number of para-hydroxylation sites is 2. The van der Waals surface area contributed by atoms with Crippen LogP contribution in [0.15, 0.2) is 71.7 Å². The number of aromatic amines is 1. The van der Waals surface area contributed by atoms with Crippen molar-refractivity contribution >= 4 is 45.5 Å². The second-order valence-electron chi connectivity index (χ2n) is 10.9. The van der Waals surface area contributed by atoms with Gasteiger partial charge in [0.2, 0.25) is 5.91 Å². The SMILES string of the molecule is CC1(C)CN(C(=O)Cn2c(=O)c(C(=O)NCc3ccc(Cl)cc3)cc3cc(-c4nc5ccccc5[nH]4)cnc32)C1. The Bertz CT molecular complexity index is 1800. The van der Waals surface area contributed by atoms with Gasteiger partial charge in [0.1, 0.15) is 23.6 Å². The van der Waals surface area contributed by atoms with Gasteiger partial charge < -0.3 is 15.2 Å². The molecule has 40 heavy (non-hydrogen) atoms. The van der Waals surface area contributed by atoms with E-state index in [0.717, 1.165) is 16.6 Å². The van der Waals surface area contributed by atoms with Gasteiger partial charge in [0, 0.05) is 41.8 Å². The molecule has 0 atom stereocenters. The molecule has 1 aliphatic heterocycles. The molecule has 1 aliphatic rings. The van der Waals surface area contributed by atoms with Crippen molar-refractivity contribution in [1.29, 1.82) is 0 Å². The normalized spacial score (nSPS) is 14.3. The van der Waals surface area contributed by atoms with Crippen LogP contribution < -0.4 is 10.9 Å². The van der Waals surface area contributed by atoms with Gasteiger partial charge in [0.05, 0.1) is 11.0 Å². The maximum Gasteiger partial charge on any atom is 0.265 e. The summed E-state index contributed by atoms with van der Waals surface area (Å²) in [4.78, 5) is 54.2. The van der Waals surface area contributed by atoms with Crippen molar-refractivity contribution in [2.45, 2.75) is 26.9 Å². The van der Waals surface area contributed by atoms with Crippen molar-refractivity contribution < 1.29 is 9.59 Å². The highest BCUT2D eigenvalue weighted by Gasteiger charge is 2.37. The van der Waals surface area contributed by atoms with Gasteiger partial charge in [0.15, 0.2) is 0 Å². The number of benzene rings is 2. The molecule has 2 aromatic carbocycles. The van der Waals surface area contributed by atoms with E-state index in [0.29, 0.717) is 40.5 Å². The van der Waals surface area contributed by atoms with Gasteiger partial charge in [-0.3, -0.25) is 19.0 Å². The Labute approximate surface area is 234 Å². The minimum Gasteiger partial charge on any atom is -0.348 e. The molecule has 1 saturated heterocycles. The average Bonchev–Trinajstić information content (AvgIpc) is 3.36. The molecule has 0 radical (unpaired) electrons. The Balaban J connectivity index is 1.38. The van der Waals surface area contributed by atoms with Crippen LogP contribution >= 0.6 is 11.6 Å². The van der Waals surface area contributed by atoms with E-state index in [9.17, 15) is 14.4 Å². The number of H-pyrrole nitrogens is 1. The third kappa shape index (κ3) is 4.96. The number of nitrogens with zero attached hydrogens (tertiary/aromatic N) is 4. The molecular weight excluding hydrogens is 528 g/mol. The van der Waals surface area contributed by atoms with Crippen LogP contribution in [0.5, 0.6) is 0 Å². The molecule has 5 aromatic rings. The number of pyridine rings is 2. The van der Waals surface area contributed by atoms with Crippen LogP contribution in [-0.4, -0.2) is 49.3 Å². The third-order valence-corrected chi connectivity index (χ3v) is 7.34. The summed E-state index contributed by atoms with van der Waals surface area (Å²) in [7, 11) is 0. The molecule has 0 spiro atoms. The van der Waals surface area contributed by atoms with E-state index in [1.165, 1.54) is 10.6 Å². The zero-order valence-corrected chi connectivity index (χ0v) is 22.8. The zero-order valence-electron chi connectivity index (χ0n) is 22.1. The highest BCUT2D eigenvalue weighted by molar-refractivity contribution is 6.30. The van der Waals surface area contributed by atoms with E-state index in [2.05, 4.69) is 34.1 Å². The Morgan fingerprint density at radius 2 is 1.82 bits per heavy atom. The van der Waals surface area contributed by atoms with Crippen LogP contribution in [0.3, 0.4) is 0 Å². The number of aromatic nitrogens is 4. The summed E-state index contributed by atoms with van der Waals surface area (Å²) in [5.41, 5.74) is 2.96. The summed E-state index contributed by atoms with van der Waals surface area (Å²) in [6.07, 6.45) is 1.62. The molecule has 10 heteroatoms. The number of likely N-dealkylation sites (tertiary alicyclic amines) is 1. The molecule has 202 valence electrons. The monoisotopic (exact) mass is 554 g/mol. The third-order valence-electron chi connectivity index (χ3n) is 7.08. The largest absolute Gasteiger partial charge is 0.348 e. The Kier molecular flexibility index (Phi) is 6.38. The van der Waals surface area contributed by atoms with Crippen molar-refractivity contribution in [1.82, 2.24) is 29.7 Å². The van der Waals surface area contributed by atoms with Crippen molar-refractivity contribution in [3.63, 3.8) is 0 Å². The first-order chi connectivity index (χ1) is 19.2. The average molecular weight is 555 g/mol. The van der Waals surface area contributed by atoms with E-state index in [-0.39, 0.29) is 30.0 Å². The van der Waals surface area contributed by atoms with Crippen molar-refractivity contribution in [3.05, 3.63) is 93.4 Å². The maximum absolute atomic E-state index is 13.6. The lowest BCUT2D eigenvalue weighted by atomic mass is 9.84. The minimum absolute atomic E-state index is 0.0474. The van der Waals surface area contributed by atoms with Gasteiger partial charge in [0.25, 0.3) is 11.5 Å². The van der Waals surface area contributed by atoms with Crippen molar-refractivity contribution in [2.75, 3.05) is 13.1 Å². The van der Waals surface area contributed by atoms with E-state index in [4.69, 9.17) is 11.6 Å². The van der Waals surface area contributed by atoms with Gasteiger partial charge in [-0.15, -0.1) is 0 Å². The quantitative estimate of drug-likeness (QED) is 0.323. The molecule has 0 aliphatic carbocycles. The van der Waals surface area contributed by atoms with Crippen LogP contribution in [0.25, 0.3) is 33.5 Å². The molecule has 0 unspecified atom stereocenters. The molecule has 0 bridgehead atoms. The first kappa shape index (κ1) is 25.8. The van der Waals surface area contributed by atoms with Gasteiger partial charge in [-0.2, -0.15) is 0 Å². The second-order valence-corrected chi connectivity index (χ2v) is 11.3. The summed E-state index contributed by atoms with van der Waals surface area (Å²) in [6, 6.07) is 18.1. The fourth-order valence-corrected chi connectivity index (χ4v) is 5.20. The van der Waals surface area contributed by atoms with Crippen LogP contribution in [0, 0.1) is 5.41 Å².